The van der Waals surface area contributed by atoms with Gasteiger partial charge in [0.1, 0.15) is 17.0 Å². The Bertz CT molecular complexity index is 1820. The number of nitrogens with zero attached hydrogens (tertiary/aromatic N) is 6. The first-order chi connectivity index (χ1) is 19.3. The lowest BCUT2D eigenvalue weighted by atomic mass is 10.1. The molecule has 2 aromatic carbocycles. The fourth-order valence-corrected chi connectivity index (χ4v) is 4.79. The van der Waals surface area contributed by atoms with Crippen LogP contribution in [0.3, 0.4) is 0 Å². The number of aromatic nitrogens is 6. The van der Waals surface area contributed by atoms with Crippen LogP contribution in [0, 0.1) is 12.8 Å². The third-order valence-electron chi connectivity index (χ3n) is 6.64. The molecule has 3 aromatic heterocycles. The van der Waals surface area contributed by atoms with Crippen molar-refractivity contribution in [1.82, 2.24) is 29.5 Å². The molecule has 5 aromatic rings. The molecule has 13 heteroatoms. The van der Waals surface area contributed by atoms with Crippen LogP contribution in [0.4, 0.5) is 11.5 Å². The number of aromatic amines is 1. The number of amides is 2. The Morgan fingerprint density at radius 2 is 1.90 bits per heavy atom. The van der Waals surface area contributed by atoms with Crippen molar-refractivity contribution in [3.63, 3.8) is 0 Å². The number of rotatable bonds is 6. The molecule has 40 heavy (non-hydrogen) atoms. The van der Waals surface area contributed by atoms with Gasteiger partial charge in [-0.3, -0.25) is 19.4 Å². The number of carbonyl (C=O) groups excluding carboxylic acids is 2. The largest absolute Gasteiger partial charge is 0.497 e. The zero-order valence-corrected chi connectivity index (χ0v) is 22.2. The molecule has 0 saturated carbocycles. The minimum Gasteiger partial charge on any atom is -0.497 e. The summed E-state index contributed by atoms with van der Waals surface area (Å²) in [4.78, 5) is 47.9. The third-order valence-corrected chi connectivity index (χ3v) is 6.89. The molecule has 2 N–H and O–H groups in total. The summed E-state index contributed by atoms with van der Waals surface area (Å²) in [7, 11) is 1.55. The van der Waals surface area contributed by atoms with E-state index in [1.54, 1.807) is 73.5 Å². The van der Waals surface area contributed by atoms with Crippen LogP contribution in [-0.2, 0) is 9.59 Å². The predicted octanol–water partition coefficient (Wildman–Crippen LogP) is 3.26. The van der Waals surface area contributed by atoms with Crippen LogP contribution in [-0.4, -0.2) is 55.0 Å². The summed E-state index contributed by atoms with van der Waals surface area (Å²) < 4.78 is 8.13. The number of halogens is 1. The molecule has 1 aliphatic heterocycles. The van der Waals surface area contributed by atoms with E-state index in [-0.39, 0.29) is 36.1 Å². The van der Waals surface area contributed by atoms with E-state index in [0.29, 0.717) is 39.3 Å². The molecule has 6 rings (SSSR count). The van der Waals surface area contributed by atoms with Crippen molar-refractivity contribution < 1.29 is 14.3 Å². The average molecular weight is 559 g/mol. The van der Waals surface area contributed by atoms with Gasteiger partial charge in [0.2, 0.25) is 17.8 Å². The summed E-state index contributed by atoms with van der Waals surface area (Å²) >= 11 is 6.02. The summed E-state index contributed by atoms with van der Waals surface area (Å²) in [5.74, 6) is -0.0943. The lowest BCUT2D eigenvalue weighted by molar-refractivity contribution is -0.122. The quantitative estimate of drug-likeness (QED) is 0.326. The summed E-state index contributed by atoms with van der Waals surface area (Å²) in [6, 6.07) is 15.7. The number of hydrogen-bond donors (Lipinski definition) is 2. The van der Waals surface area contributed by atoms with E-state index in [2.05, 4.69) is 25.5 Å². The van der Waals surface area contributed by atoms with Gasteiger partial charge in [-0.25, -0.2) is 4.68 Å². The highest BCUT2D eigenvalue weighted by atomic mass is 35.5. The fourth-order valence-electron chi connectivity index (χ4n) is 4.67. The maximum absolute atomic E-state index is 13.3. The molecular weight excluding hydrogens is 536 g/mol. The number of carbonyl (C=O) groups is 2. The normalized spacial score (nSPS) is 15.1. The molecule has 2 amide bonds. The maximum atomic E-state index is 13.3. The van der Waals surface area contributed by atoms with E-state index < -0.39 is 11.5 Å². The monoisotopic (exact) mass is 558 g/mol. The van der Waals surface area contributed by atoms with Crippen LogP contribution in [0.2, 0.25) is 5.02 Å². The van der Waals surface area contributed by atoms with Crippen molar-refractivity contribution in [3.8, 4) is 17.4 Å². The van der Waals surface area contributed by atoms with Crippen LogP contribution in [0.1, 0.15) is 12.1 Å². The number of hydrogen-bond acceptors (Lipinski definition) is 7. The van der Waals surface area contributed by atoms with Crippen LogP contribution < -0.4 is 20.5 Å². The second kappa shape index (κ2) is 9.97. The molecule has 1 atom stereocenters. The van der Waals surface area contributed by atoms with E-state index in [4.69, 9.17) is 16.3 Å². The molecule has 1 saturated heterocycles. The Kier molecular flexibility index (Phi) is 6.31. The van der Waals surface area contributed by atoms with Crippen molar-refractivity contribution in [1.29, 1.82) is 0 Å². The summed E-state index contributed by atoms with van der Waals surface area (Å²) in [6.45, 7) is 1.97. The van der Waals surface area contributed by atoms with Gasteiger partial charge >= 0.3 is 0 Å². The molecule has 1 fully saturated rings. The van der Waals surface area contributed by atoms with Gasteiger partial charge in [0.25, 0.3) is 5.56 Å². The van der Waals surface area contributed by atoms with Gasteiger partial charge in [-0.05, 0) is 43.3 Å². The van der Waals surface area contributed by atoms with Gasteiger partial charge in [0.05, 0.1) is 30.6 Å². The number of H-pyrrole nitrogens is 1. The minimum absolute atomic E-state index is 0.0531. The molecule has 0 spiro atoms. The van der Waals surface area contributed by atoms with E-state index >= 15 is 0 Å². The fraction of sp³-hybridized carbons (Fsp3) is 0.185. The lowest BCUT2D eigenvalue weighted by Gasteiger charge is -2.17. The van der Waals surface area contributed by atoms with Crippen molar-refractivity contribution in [2.45, 2.75) is 13.3 Å². The zero-order chi connectivity index (χ0) is 28.0. The van der Waals surface area contributed by atoms with Gasteiger partial charge in [0, 0.05) is 35.8 Å². The first kappa shape index (κ1) is 25.3. The number of aryl methyl sites for hydroxylation is 1. The Morgan fingerprint density at radius 1 is 1.10 bits per heavy atom. The van der Waals surface area contributed by atoms with Gasteiger partial charge in [-0.1, -0.05) is 17.7 Å². The standard InChI is InChI=1S/C27H23ClN8O4/c1-15-10-22(30-25(38)16-11-23(37)34(14-16)19-4-3-5-20(12-19)40-2)36(33-15)27-31-24-21(26(39)32-27)13-29-35(24)18-8-6-17(28)7-9-18/h3-10,12-13,16H,11,14H2,1-2H3,(H,30,38)(H,31,32,39). The Balaban J connectivity index is 1.29. The number of fused-ring (bicyclic) bond motifs is 1. The average Bonchev–Trinajstić information content (AvgIpc) is 3.66. The topological polar surface area (TPSA) is 140 Å². The highest BCUT2D eigenvalue weighted by Gasteiger charge is 2.35. The Morgan fingerprint density at radius 3 is 2.67 bits per heavy atom. The van der Waals surface area contributed by atoms with E-state index in [1.807, 2.05) is 0 Å². The zero-order valence-electron chi connectivity index (χ0n) is 21.5. The number of benzene rings is 2. The number of ether oxygens (including phenoxy) is 1. The second-order valence-corrected chi connectivity index (χ2v) is 9.77. The molecule has 0 aliphatic carbocycles. The summed E-state index contributed by atoms with van der Waals surface area (Å²) in [5.41, 5.74) is 1.81. The summed E-state index contributed by atoms with van der Waals surface area (Å²) in [6.07, 6.45) is 1.49. The van der Waals surface area contributed by atoms with Crippen molar-refractivity contribution in [3.05, 3.63) is 81.9 Å². The van der Waals surface area contributed by atoms with E-state index in [0.717, 1.165) is 0 Å². The van der Waals surface area contributed by atoms with E-state index in [1.165, 1.54) is 15.6 Å². The number of nitrogens with one attached hydrogen (secondary N) is 2. The first-order valence-corrected chi connectivity index (χ1v) is 12.7. The number of methoxy groups -OCH3 is 1. The first-order valence-electron chi connectivity index (χ1n) is 12.4. The molecule has 1 aliphatic rings. The third kappa shape index (κ3) is 4.58. The van der Waals surface area contributed by atoms with Gasteiger partial charge in [-0.15, -0.1) is 0 Å². The predicted molar refractivity (Wildman–Crippen MR) is 148 cm³/mol. The maximum Gasteiger partial charge on any atom is 0.263 e. The second-order valence-electron chi connectivity index (χ2n) is 9.34. The van der Waals surface area contributed by atoms with Crippen LogP contribution in [0.15, 0.2) is 65.6 Å². The van der Waals surface area contributed by atoms with Gasteiger partial charge in [0.15, 0.2) is 5.65 Å². The molecule has 4 heterocycles. The van der Waals surface area contributed by atoms with Gasteiger partial charge < -0.3 is 15.0 Å². The Hall–Kier alpha value is -4.97. The highest BCUT2D eigenvalue weighted by molar-refractivity contribution is 6.30. The molecular formula is C27H23ClN8O4. The lowest BCUT2D eigenvalue weighted by Crippen LogP contribution is -2.29. The highest BCUT2D eigenvalue weighted by Crippen LogP contribution is 2.29. The number of anilines is 2. The molecule has 0 radical (unpaired) electrons. The molecule has 202 valence electrons. The minimum atomic E-state index is -0.594. The van der Waals surface area contributed by atoms with Crippen molar-refractivity contribution >= 4 is 46.0 Å². The van der Waals surface area contributed by atoms with Crippen molar-refractivity contribution in [2.24, 2.45) is 5.92 Å². The Labute approximate surface area is 232 Å². The van der Waals surface area contributed by atoms with Gasteiger partial charge in [-0.2, -0.15) is 19.9 Å². The smallest absolute Gasteiger partial charge is 0.263 e. The molecule has 0 bridgehead atoms. The van der Waals surface area contributed by atoms with Crippen LogP contribution in [0.5, 0.6) is 5.75 Å². The van der Waals surface area contributed by atoms with Crippen LogP contribution in [0.25, 0.3) is 22.7 Å². The van der Waals surface area contributed by atoms with E-state index in [9.17, 15) is 14.4 Å². The molecule has 1 unspecified atom stereocenters. The SMILES string of the molecule is COc1cccc(N2CC(C(=O)Nc3cc(C)nn3-c3nc4c(cnn4-c4ccc(Cl)cc4)c(=O)[nH]3)CC2=O)c1. The van der Waals surface area contributed by atoms with Crippen LogP contribution >= 0.6 is 11.6 Å². The van der Waals surface area contributed by atoms with Crippen molar-refractivity contribution in [2.75, 3.05) is 23.9 Å². The summed E-state index contributed by atoms with van der Waals surface area (Å²) in [5, 5.41) is 12.5. The molecule has 12 nitrogen and oxygen atoms in total.